The molecule has 0 spiro atoms. The van der Waals surface area contributed by atoms with E-state index in [4.69, 9.17) is 0 Å². The van der Waals surface area contributed by atoms with Gasteiger partial charge in [-0.1, -0.05) is 48.5 Å². The smallest absolute Gasteiger partial charge is 0.253 e. The number of piperidine rings is 1. The number of benzene rings is 2. The molecule has 4 rings (SSSR count). The van der Waals surface area contributed by atoms with Crippen LogP contribution in [-0.2, 0) is 13.0 Å². The van der Waals surface area contributed by atoms with Gasteiger partial charge in [0.1, 0.15) is 12.2 Å². The summed E-state index contributed by atoms with van der Waals surface area (Å²) in [6.07, 6.45) is 4.82. The zero-order valence-corrected chi connectivity index (χ0v) is 15.4. The summed E-state index contributed by atoms with van der Waals surface area (Å²) in [5.74, 6) is 1.55. The number of rotatable bonds is 5. The molecule has 1 aliphatic heterocycles. The minimum absolute atomic E-state index is 0.131. The molecule has 1 unspecified atom stereocenters. The van der Waals surface area contributed by atoms with Crippen molar-refractivity contribution >= 4 is 5.91 Å². The first-order valence-electron chi connectivity index (χ1n) is 9.54. The zero-order valence-electron chi connectivity index (χ0n) is 15.4. The lowest BCUT2D eigenvalue weighted by Crippen LogP contribution is -2.40. The fourth-order valence-corrected chi connectivity index (χ4v) is 3.79. The Morgan fingerprint density at radius 2 is 1.78 bits per heavy atom. The van der Waals surface area contributed by atoms with Crippen molar-refractivity contribution in [2.45, 2.75) is 25.8 Å². The fraction of sp³-hybridized carbons (Fsp3) is 0.318. The highest BCUT2D eigenvalue weighted by molar-refractivity contribution is 5.94. The molecule has 0 N–H and O–H groups in total. The third-order valence-corrected chi connectivity index (χ3v) is 5.19. The molecule has 1 atom stereocenters. The number of hydrogen-bond acceptors (Lipinski definition) is 3. The molecule has 5 nitrogen and oxygen atoms in total. The van der Waals surface area contributed by atoms with E-state index < -0.39 is 0 Å². The van der Waals surface area contributed by atoms with Crippen molar-refractivity contribution in [2.24, 2.45) is 5.92 Å². The SMILES string of the molecule is O=C(c1ccccc1)N1CCCC(Cc2nncn2Cc2ccccc2)C1. The first kappa shape index (κ1) is 17.5. The van der Waals surface area contributed by atoms with Gasteiger partial charge in [0.2, 0.25) is 0 Å². The average molecular weight is 360 g/mol. The van der Waals surface area contributed by atoms with Crippen molar-refractivity contribution in [1.29, 1.82) is 0 Å². The van der Waals surface area contributed by atoms with Crippen LogP contribution in [0.15, 0.2) is 67.0 Å². The molecule has 1 amide bonds. The first-order valence-corrected chi connectivity index (χ1v) is 9.54. The monoisotopic (exact) mass is 360 g/mol. The van der Waals surface area contributed by atoms with Gasteiger partial charge in [-0.05, 0) is 36.5 Å². The minimum atomic E-state index is 0.131. The minimum Gasteiger partial charge on any atom is -0.338 e. The van der Waals surface area contributed by atoms with Gasteiger partial charge in [0.15, 0.2) is 0 Å². The number of carbonyl (C=O) groups excluding carboxylic acids is 1. The summed E-state index contributed by atoms with van der Waals surface area (Å²) in [5, 5.41) is 8.46. The topological polar surface area (TPSA) is 51.0 Å². The van der Waals surface area contributed by atoms with Gasteiger partial charge in [-0.2, -0.15) is 0 Å². The highest BCUT2D eigenvalue weighted by Crippen LogP contribution is 2.22. The van der Waals surface area contributed by atoms with Gasteiger partial charge in [-0.3, -0.25) is 4.79 Å². The van der Waals surface area contributed by atoms with Gasteiger partial charge in [-0.15, -0.1) is 10.2 Å². The van der Waals surface area contributed by atoms with Crippen LogP contribution in [0.25, 0.3) is 0 Å². The molecule has 27 heavy (non-hydrogen) atoms. The Kier molecular flexibility index (Phi) is 5.28. The summed E-state index contributed by atoms with van der Waals surface area (Å²) in [6.45, 7) is 2.40. The van der Waals surface area contributed by atoms with Crippen molar-refractivity contribution < 1.29 is 4.79 Å². The van der Waals surface area contributed by atoms with Crippen LogP contribution in [-0.4, -0.2) is 38.7 Å². The molecule has 3 aromatic rings. The van der Waals surface area contributed by atoms with Gasteiger partial charge in [0, 0.05) is 25.1 Å². The number of likely N-dealkylation sites (tertiary alicyclic amines) is 1. The number of hydrogen-bond donors (Lipinski definition) is 0. The first-order chi connectivity index (χ1) is 13.3. The van der Waals surface area contributed by atoms with Crippen LogP contribution in [0, 0.1) is 5.92 Å². The van der Waals surface area contributed by atoms with Crippen LogP contribution in [0.3, 0.4) is 0 Å². The summed E-state index contributed by atoms with van der Waals surface area (Å²) in [5.41, 5.74) is 2.01. The summed E-state index contributed by atoms with van der Waals surface area (Å²) in [7, 11) is 0. The van der Waals surface area contributed by atoms with Gasteiger partial charge < -0.3 is 9.47 Å². The molecule has 2 aromatic carbocycles. The maximum atomic E-state index is 12.7. The summed E-state index contributed by atoms with van der Waals surface area (Å²) >= 11 is 0. The quantitative estimate of drug-likeness (QED) is 0.700. The lowest BCUT2D eigenvalue weighted by atomic mass is 9.94. The Labute approximate surface area is 159 Å². The summed E-state index contributed by atoms with van der Waals surface area (Å²) < 4.78 is 2.12. The van der Waals surface area contributed by atoms with Crippen LogP contribution in [0.2, 0.25) is 0 Å². The van der Waals surface area contributed by atoms with E-state index in [9.17, 15) is 4.79 Å². The van der Waals surface area contributed by atoms with Gasteiger partial charge in [0.05, 0.1) is 6.54 Å². The van der Waals surface area contributed by atoms with Crippen LogP contribution in [0.4, 0.5) is 0 Å². The van der Waals surface area contributed by atoms with E-state index in [-0.39, 0.29) is 5.91 Å². The van der Waals surface area contributed by atoms with Crippen LogP contribution in [0.1, 0.15) is 34.6 Å². The Morgan fingerprint density at radius 1 is 1.04 bits per heavy atom. The van der Waals surface area contributed by atoms with Crippen molar-refractivity contribution in [3.63, 3.8) is 0 Å². The van der Waals surface area contributed by atoms with Gasteiger partial charge in [-0.25, -0.2) is 0 Å². The number of carbonyl (C=O) groups is 1. The highest BCUT2D eigenvalue weighted by Gasteiger charge is 2.25. The molecule has 1 fully saturated rings. The van der Waals surface area contributed by atoms with E-state index in [1.165, 1.54) is 5.56 Å². The molecule has 1 aromatic heterocycles. The van der Waals surface area contributed by atoms with Crippen molar-refractivity contribution in [1.82, 2.24) is 19.7 Å². The summed E-state index contributed by atoms with van der Waals surface area (Å²) in [6, 6.07) is 19.9. The van der Waals surface area contributed by atoms with Crippen LogP contribution < -0.4 is 0 Å². The third-order valence-electron chi connectivity index (χ3n) is 5.19. The number of amides is 1. The second-order valence-corrected chi connectivity index (χ2v) is 7.19. The largest absolute Gasteiger partial charge is 0.338 e. The third kappa shape index (κ3) is 4.25. The maximum Gasteiger partial charge on any atom is 0.253 e. The molecular formula is C22H24N4O. The summed E-state index contributed by atoms with van der Waals surface area (Å²) in [4.78, 5) is 14.7. The fourth-order valence-electron chi connectivity index (χ4n) is 3.79. The van der Waals surface area contributed by atoms with Crippen LogP contribution in [0.5, 0.6) is 0 Å². The molecule has 1 saturated heterocycles. The number of aromatic nitrogens is 3. The molecule has 1 aliphatic rings. The second-order valence-electron chi connectivity index (χ2n) is 7.19. The van der Waals surface area contributed by atoms with E-state index in [0.29, 0.717) is 5.92 Å². The van der Waals surface area contributed by atoms with E-state index in [2.05, 4.69) is 26.9 Å². The Morgan fingerprint density at radius 3 is 2.56 bits per heavy atom. The normalized spacial score (nSPS) is 17.0. The van der Waals surface area contributed by atoms with Gasteiger partial charge >= 0.3 is 0 Å². The molecular weight excluding hydrogens is 336 g/mol. The molecule has 0 aliphatic carbocycles. The van der Waals surface area contributed by atoms with Crippen molar-refractivity contribution in [3.8, 4) is 0 Å². The lowest BCUT2D eigenvalue weighted by Gasteiger charge is -2.32. The standard InChI is InChI=1S/C22H24N4O/c27-22(20-11-5-2-6-12-20)25-13-7-10-19(16-25)14-21-24-23-17-26(21)15-18-8-3-1-4-9-18/h1-6,8-9,11-12,17,19H,7,10,13-16H2. The molecule has 0 saturated carbocycles. The second kappa shape index (κ2) is 8.16. The van der Waals surface area contributed by atoms with E-state index >= 15 is 0 Å². The predicted octanol–water partition coefficient (Wildman–Crippen LogP) is 3.42. The van der Waals surface area contributed by atoms with E-state index in [1.54, 1.807) is 6.33 Å². The molecule has 138 valence electrons. The molecule has 2 heterocycles. The Balaban J connectivity index is 1.41. The zero-order chi connectivity index (χ0) is 18.5. The van der Waals surface area contributed by atoms with Crippen molar-refractivity contribution in [2.75, 3.05) is 13.1 Å². The highest BCUT2D eigenvalue weighted by atomic mass is 16.2. The molecule has 0 bridgehead atoms. The predicted molar refractivity (Wildman–Crippen MR) is 104 cm³/mol. The molecule has 0 radical (unpaired) electrons. The van der Waals surface area contributed by atoms with E-state index in [1.807, 2.05) is 53.4 Å². The lowest BCUT2D eigenvalue weighted by molar-refractivity contribution is 0.0671. The Bertz CT molecular complexity index is 876. The van der Waals surface area contributed by atoms with Crippen molar-refractivity contribution in [3.05, 3.63) is 83.9 Å². The maximum absolute atomic E-state index is 12.7. The number of nitrogens with zero attached hydrogens (tertiary/aromatic N) is 4. The average Bonchev–Trinajstić information content (AvgIpc) is 3.15. The van der Waals surface area contributed by atoms with Crippen LogP contribution >= 0.6 is 0 Å². The molecule has 5 heteroatoms. The van der Waals surface area contributed by atoms with Gasteiger partial charge in [0.25, 0.3) is 5.91 Å². The Hall–Kier alpha value is -2.95. The van der Waals surface area contributed by atoms with E-state index in [0.717, 1.165) is 50.3 Å².